The predicted molar refractivity (Wildman–Crippen MR) is 130 cm³/mol. The van der Waals surface area contributed by atoms with Gasteiger partial charge in [0, 0.05) is 31.2 Å². The Morgan fingerprint density at radius 2 is 1.76 bits per heavy atom. The quantitative estimate of drug-likeness (QED) is 0.530. The number of methoxy groups -OCH3 is 2. The van der Waals surface area contributed by atoms with Crippen LogP contribution in [0.1, 0.15) is 39.1 Å². The molecule has 2 heterocycles. The zero-order valence-corrected chi connectivity index (χ0v) is 19.9. The molecule has 9 nitrogen and oxygen atoms in total. The summed E-state index contributed by atoms with van der Waals surface area (Å²) in [5.41, 5.74) is 1.65. The fraction of sp³-hybridized carbons (Fsp3) is 0.333. The second-order valence-corrected chi connectivity index (χ2v) is 8.91. The molecule has 4 rings (SSSR count). The molecule has 0 unspecified atom stereocenters. The van der Waals surface area contributed by atoms with Crippen molar-refractivity contribution in [1.82, 2.24) is 20.4 Å². The number of anilines is 1. The molecule has 0 atom stereocenters. The van der Waals surface area contributed by atoms with Crippen molar-refractivity contribution in [3.8, 4) is 11.5 Å². The van der Waals surface area contributed by atoms with Crippen LogP contribution in [0.4, 0.5) is 10.5 Å². The Balaban J connectivity index is 1.26. The van der Waals surface area contributed by atoms with E-state index in [-0.39, 0.29) is 17.9 Å². The Bertz CT molecular complexity index is 1130. The lowest BCUT2D eigenvalue weighted by Gasteiger charge is -2.31. The summed E-state index contributed by atoms with van der Waals surface area (Å²) in [4.78, 5) is 26.9. The van der Waals surface area contributed by atoms with E-state index in [1.165, 1.54) is 11.3 Å². The number of benzene rings is 2. The predicted octanol–water partition coefficient (Wildman–Crippen LogP) is 3.90. The number of hydrogen-bond acceptors (Lipinski definition) is 7. The van der Waals surface area contributed by atoms with Gasteiger partial charge >= 0.3 is 6.03 Å². The highest BCUT2D eigenvalue weighted by molar-refractivity contribution is 7.13. The van der Waals surface area contributed by atoms with E-state index in [9.17, 15) is 9.59 Å². The zero-order chi connectivity index (χ0) is 23.9. The third kappa shape index (κ3) is 5.82. The van der Waals surface area contributed by atoms with E-state index in [4.69, 9.17) is 9.47 Å². The zero-order valence-electron chi connectivity index (χ0n) is 19.1. The van der Waals surface area contributed by atoms with Gasteiger partial charge in [0.05, 0.1) is 14.2 Å². The van der Waals surface area contributed by atoms with Gasteiger partial charge in [0.1, 0.15) is 16.5 Å². The van der Waals surface area contributed by atoms with Crippen LogP contribution in [0.2, 0.25) is 0 Å². The van der Waals surface area contributed by atoms with Crippen LogP contribution in [-0.2, 0) is 6.54 Å². The second kappa shape index (κ2) is 11.0. The fourth-order valence-corrected chi connectivity index (χ4v) is 4.66. The smallest absolute Gasteiger partial charge is 0.317 e. The van der Waals surface area contributed by atoms with Gasteiger partial charge in [-0.3, -0.25) is 4.79 Å². The maximum Gasteiger partial charge on any atom is 0.317 e. The van der Waals surface area contributed by atoms with Gasteiger partial charge in [0.2, 0.25) is 5.01 Å². The maximum absolute atomic E-state index is 12.6. The summed E-state index contributed by atoms with van der Waals surface area (Å²) >= 11 is 1.31. The average Bonchev–Trinajstić information content (AvgIpc) is 3.38. The first kappa shape index (κ1) is 23.5. The Morgan fingerprint density at radius 3 is 2.47 bits per heavy atom. The molecule has 2 aromatic carbocycles. The minimum atomic E-state index is -0.289. The highest BCUT2D eigenvalue weighted by Gasteiger charge is 2.27. The van der Waals surface area contributed by atoms with E-state index in [0.717, 1.165) is 34.9 Å². The van der Waals surface area contributed by atoms with Crippen molar-refractivity contribution in [2.75, 3.05) is 32.6 Å². The monoisotopic (exact) mass is 481 g/mol. The lowest BCUT2D eigenvalue weighted by Crippen LogP contribution is -2.43. The number of urea groups is 1. The van der Waals surface area contributed by atoms with Crippen LogP contribution in [0, 0.1) is 0 Å². The third-order valence-corrected chi connectivity index (χ3v) is 6.78. The molecule has 0 bridgehead atoms. The Morgan fingerprint density at radius 1 is 1.03 bits per heavy atom. The van der Waals surface area contributed by atoms with Crippen LogP contribution < -0.4 is 20.1 Å². The van der Waals surface area contributed by atoms with E-state index >= 15 is 0 Å². The highest BCUT2D eigenvalue weighted by Crippen LogP contribution is 2.30. The van der Waals surface area contributed by atoms with Crippen LogP contribution in [0.3, 0.4) is 0 Å². The molecule has 178 valence electrons. The van der Waals surface area contributed by atoms with Gasteiger partial charge in [-0.25, -0.2) is 4.79 Å². The highest BCUT2D eigenvalue weighted by atomic mass is 32.1. The first-order chi connectivity index (χ1) is 16.6. The van der Waals surface area contributed by atoms with E-state index in [0.29, 0.717) is 30.3 Å². The summed E-state index contributed by atoms with van der Waals surface area (Å²) in [6, 6.07) is 14.7. The molecule has 0 radical (unpaired) electrons. The number of hydrogen-bond donors (Lipinski definition) is 2. The molecule has 34 heavy (non-hydrogen) atoms. The standard InChI is InChI=1S/C24H27N5O4S/c1-32-19-8-6-18(7-9-19)26-21(30)23-28-27-22(34-23)17-10-12-29(13-11-17)24(31)25-15-16-4-3-5-20(14-16)33-2/h3-9,14,17H,10-13,15H2,1-2H3,(H,25,31)(H,26,30). The van der Waals surface area contributed by atoms with E-state index in [1.54, 1.807) is 38.5 Å². The Kier molecular flexibility index (Phi) is 7.58. The second-order valence-electron chi connectivity index (χ2n) is 7.90. The van der Waals surface area contributed by atoms with E-state index < -0.39 is 0 Å². The number of nitrogens with zero attached hydrogens (tertiary/aromatic N) is 3. The summed E-state index contributed by atoms with van der Waals surface area (Å²) in [7, 11) is 3.21. The number of carbonyl (C=O) groups excluding carboxylic acids is 2. The lowest BCUT2D eigenvalue weighted by atomic mass is 9.98. The van der Waals surface area contributed by atoms with Crippen LogP contribution in [-0.4, -0.2) is 54.3 Å². The number of aromatic nitrogens is 2. The van der Waals surface area contributed by atoms with Crippen molar-refractivity contribution in [2.45, 2.75) is 25.3 Å². The molecule has 0 saturated carbocycles. The minimum absolute atomic E-state index is 0.0851. The van der Waals surface area contributed by atoms with Crippen molar-refractivity contribution in [3.05, 3.63) is 64.1 Å². The topological polar surface area (TPSA) is 106 Å². The summed E-state index contributed by atoms with van der Waals surface area (Å²) in [5, 5.41) is 15.3. The number of ether oxygens (including phenoxy) is 2. The molecule has 1 aliphatic rings. The van der Waals surface area contributed by atoms with Crippen molar-refractivity contribution >= 4 is 29.0 Å². The number of piperidine rings is 1. The molecule has 3 aromatic rings. The van der Waals surface area contributed by atoms with Gasteiger partial charge in [-0.2, -0.15) is 0 Å². The van der Waals surface area contributed by atoms with Crippen molar-refractivity contribution in [1.29, 1.82) is 0 Å². The molecule has 0 spiro atoms. The maximum atomic E-state index is 12.6. The van der Waals surface area contributed by atoms with Gasteiger partial charge < -0.3 is 25.0 Å². The minimum Gasteiger partial charge on any atom is -0.497 e. The van der Waals surface area contributed by atoms with Crippen LogP contribution in [0.5, 0.6) is 11.5 Å². The average molecular weight is 482 g/mol. The number of rotatable bonds is 7. The number of nitrogens with one attached hydrogen (secondary N) is 2. The van der Waals surface area contributed by atoms with Crippen LogP contribution in [0.15, 0.2) is 48.5 Å². The molecule has 2 N–H and O–H groups in total. The van der Waals surface area contributed by atoms with E-state index in [2.05, 4.69) is 20.8 Å². The molecule has 10 heteroatoms. The number of carbonyl (C=O) groups is 2. The van der Waals surface area contributed by atoms with Crippen molar-refractivity contribution in [2.24, 2.45) is 0 Å². The molecule has 1 aliphatic heterocycles. The molecule has 0 aliphatic carbocycles. The van der Waals surface area contributed by atoms with E-state index in [1.807, 2.05) is 29.2 Å². The van der Waals surface area contributed by atoms with Gasteiger partial charge in [0.15, 0.2) is 0 Å². The summed E-state index contributed by atoms with van der Waals surface area (Å²) < 4.78 is 10.4. The normalized spacial score (nSPS) is 13.9. The van der Waals surface area contributed by atoms with Gasteiger partial charge in [-0.15, -0.1) is 10.2 Å². The van der Waals surface area contributed by atoms with Crippen LogP contribution in [0.25, 0.3) is 0 Å². The van der Waals surface area contributed by atoms with Crippen LogP contribution >= 0.6 is 11.3 Å². The lowest BCUT2D eigenvalue weighted by molar-refractivity contribution is 0.102. The fourth-order valence-electron chi connectivity index (χ4n) is 3.75. The number of likely N-dealkylation sites (tertiary alicyclic amines) is 1. The van der Waals surface area contributed by atoms with Crippen molar-refractivity contribution < 1.29 is 19.1 Å². The summed E-state index contributed by atoms with van der Waals surface area (Å²) in [6.45, 7) is 1.70. The first-order valence-corrected chi connectivity index (χ1v) is 11.8. The third-order valence-electron chi connectivity index (χ3n) is 5.69. The molecular weight excluding hydrogens is 454 g/mol. The molecular formula is C24H27N5O4S. The Hall–Kier alpha value is -3.66. The molecule has 1 saturated heterocycles. The van der Waals surface area contributed by atoms with Gasteiger partial charge in [-0.05, 0) is 54.8 Å². The number of amides is 3. The molecule has 1 aromatic heterocycles. The molecule has 1 fully saturated rings. The summed E-state index contributed by atoms with van der Waals surface area (Å²) in [5.74, 6) is 1.38. The SMILES string of the molecule is COc1ccc(NC(=O)c2nnc(C3CCN(C(=O)NCc4cccc(OC)c4)CC3)s2)cc1. The first-order valence-electron chi connectivity index (χ1n) is 11.0. The summed E-state index contributed by atoms with van der Waals surface area (Å²) in [6.07, 6.45) is 1.56. The van der Waals surface area contributed by atoms with Gasteiger partial charge in [0.25, 0.3) is 5.91 Å². The molecule has 3 amide bonds. The largest absolute Gasteiger partial charge is 0.497 e. The Labute approximate surface area is 202 Å². The van der Waals surface area contributed by atoms with Crippen molar-refractivity contribution in [3.63, 3.8) is 0 Å². The van der Waals surface area contributed by atoms with Gasteiger partial charge in [-0.1, -0.05) is 23.5 Å².